The van der Waals surface area contributed by atoms with Gasteiger partial charge in [-0.05, 0) is 13.8 Å². The smallest absolute Gasteiger partial charge is 0.382 e. The van der Waals surface area contributed by atoms with Crippen molar-refractivity contribution >= 4 is 29.4 Å². The number of rotatable bonds is 3. The van der Waals surface area contributed by atoms with Gasteiger partial charge in [0.2, 0.25) is 0 Å². The van der Waals surface area contributed by atoms with Crippen molar-refractivity contribution in [3.63, 3.8) is 0 Å². The molecule has 0 radical (unpaired) electrons. The number of aliphatic carboxylic acids is 1. The monoisotopic (exact) mass is 217 g/mol. The molecular weight excluding hydrogens is 206 g/mol. The second-order valence-corrected chi connectivity index (χ2v) is 5.25. The summed E-state index contributed by atoms with van der Waals surface area (Å²) >= 11 is 1.66. The Morgan fingerprint density at radius 2 is 2.00 bits per heavy atom. The lowest BCUT2D eigenvalue weighted by atomic mass is 10.0. The molecule has 0 aromatic carbocycles. The third-order valence-electron chi connectivity index (χ3n) is 2.17. The Morgan fingerprint density at radius 3 is 2.29 bits per heavy atom. The average molecular weight is 217 g/mol. The van der Waals surface area contributed by atoms with Crippen molar-refractivity contribution in [2.24, 2.45) is 0 Å². The van der Waals surface area contributed by atoms with Crippen molar-refractivity contribution in [2.75, 3.05) is 5.75 Å². The lowest BCUT2D eigenvalue weighted by Crippen LogP contribution is -2.58. The average Bonchev–Trinajstić information content (AvgIpc) is 2.10. The van der Waals surface area contributed by atoms with Crippen LogP contribution < -0.4 is 5.32 Å². The Balaban J connectivity index is 2.50. The van der Waals surface area contributed by atoms with E-state index in [4.69, 9.17) is 5.11 Å². The number of hydrogen-bond acceptors (Lipinski definition) is 4. The van der Waals surface area contributed by atoms with E-state index in [9.17, 15) is 14.4 Å². The highest BCUT2D eigenvalue weighted by Gasteiger charge is 2.41. The van der Waals surface area contributed by atoms with Crippen LogP contribution in [-0.2, 0) is 14.4 Å². The molecule has 1 amide bonds. The highest BCUT2D eigenvalue weighted by molar-refractivity contribution is 8.02. The standard InChI is InChI=1S/C8H11NO4S/c1-8(2)4(3-14-8)9-6(11)5(10)7(12)13/h4H,3H2,1-2H3,(H,9,11)(H,12,13). The van der Waals surface area contributed by atoms with E-state index >= 15 is 0 Å². The molecule has 1 rings (SSSR count). The van der Waals surface area contributed by atoms with Crippen LogP contribution in [0.15, 0.2) is 0 Å². The highest BCUT2D eigenvalue weighted by atomic mass is 32.2. The van der Waals surface area contributed by atoms with Crippen molar-refractivity contribution < 1.29 is 19.5 Å². The van der Waals surface area contributed by atoms with Gasteiger partial charge in [0.1, 0.15) is 0 Å². The van der Waals surface area contributed by atoms with Gasteiger partial charge in [0, 0.05) is 10.5 Å². The first-order chi connectivity index (χ1) is 6.34. The van der Waals surface area contributed by atoms with Gasteiger partial charge in [-0.1, -0.05) is 0 Å². The van der Waals surface area contributed by atoms with Gasteiger partial charge in [0.15, 0.2) is 0 Å². The summed E-state index contributed by atoms with van der Waals surface area (Å²) in [6.07, 6.45) is 0. The summed E-state index contributed by atoms with van der Waals surface area (Å²) in [5, 5.41) is 10.7. The maximum atomic E-state index is 11.0. The summed E-state index contributed by atoms with van der Waals surface area (Å²) < 4.78 is -0.117. The molecule has 6 heteroatoms. The minimum absolute atomic E-state index is 0.117. The molecule has 1 heterocycles. The van der Waals surface area contributed by atoms with Crippen molar-refractivity contribution in [2.45, 2.75) is 24.6 Å². The van der Waals surface area contributed by atoms with Crippen LogP contribution in [0.25, 0.3) is 0 Å². The van der Waals surface area contributed by atoms with Crippen LogP contribution in [0.2, 0.25) is 0 Å². The van der Waals surface area contributed by atoms with Gasteiger partial charge in [0.05, 0.1) is 6.04 Å². The number of ketones is 1. The Labute approximate surface area is 85.2 Å². The molecule has 2 N–H and O–H groups in total. The van der Waals surface area contributed by atoms with Gasteiger partial charge in [-0.3, -0.25) is 9.59 Å². The maximum Gasteiger partial charge on any atom is 0.382 e. The predicted molar refractivity (Wildman–Crippen MR) is 51.1 cm³/mol. The van der Waals surface area contributed by atoms with Crippen LogP contribution in [0.1, 0.15) is 13.8 Å². The number of carbonyl (C=O) groups is 3. The lowest BCUT2D eigenvalue weighted by Gasteiger charge is -2.43. The molecule has 0 aliphatic carbocycles. The molecule has 1 atom stereocenters. The Kier molecular flexibility index (Phi) is 2.84. The van der Waals surface area contributed by atoms with Crippen molar-refractivity contribution in [1.82, 2.24) is 5.32 Å². The molecule has 0 aromatic heterocycles. The molecule has 1 saturated heterocycles. The van der Waals surface area contributed by atoms with E-state index in [2.05, 4.69) is 5.32 Å². The van der Waals surface area contributed by atoms with Crippen LogP contribution in [-0.4, -0.2) is 39.3 Å². The SMILES string of the molecule is CC1(C)SCC1NC(=O)C(=O)C(=O)O. The number of Topliss-reactive ketones (excluding diaryl/α,β-unsaturated/α-hetero) is 1. The predicted octanol–water partition coefficient (Wildman–Crippen LogP) is -0.350. The van der Waals surface area contributed by atoms with Gasteiger partial charge in [-0.15, -0.1) is 0 Å². The molecule has 1 aliphatic heterocycles. The molecule has 0 bridgehead atoms. The molecule has 1 fully saturated rings. The number of amides is 1. The van der Waals surface area contributed by atoms with Gasteiger partial charge in [-0.25, -0.2) is 4.79 Å². The zero-order valence-corrected chi connectivity index (χ0v) is 8.68. The zero-order valence-electron chi connectivity index (χ0n) is 7.86. The topological polar surface area (TPSA) is 83.5 Å². The fraction of sp³-hybridized carbons (Fsp3) is 0.625. The van der Waals surface area contributed by atoms with E-state index in [1.165, 1.54) is 0 Å². The Morgan fingerprint density at radius 1 is 1.43 bits per heavy atom. The summed E-state index contributed by atoms with van der Waals surface area (Å²) in [5.74, 6) is -3.44. The van der Waals surface area contributed by atoms with E-state index in [0.29, 0.717) is 5.75 Å². The van der Waals surface area contributed by atoms with Crippen LogP contribution in [0.4, 0.5) is 0 Å². The minimum atomic E-state index is -1.72. The van der Waals surface area contributed by atoms with E-state index in [0.717, 1.165) is 0 Å². The molecular formula is C8H11NO4S. The van der Waals surface area contributed by atoms with Gasteiger partial charge in [-0.2, -0.15) is 11.8 Å². The summed E-state index contributed by atoms with van der Waals surface area (Å²) in [4.78, 5) is 31.9. The fourth-order valence-electron chi connectivity index (χ4n) is 1.04. The van der Waals surface area contributed by atoms with Crippen molar-refractivity contribution in [3.05, 3.63) is 0 Å². The van der Waals surface area contributed by atoms with Gasteiger partial charge < -0.3 is 10.4 Å². The number of thioether (sulfide) groups is 1. The minimum Gasteiger partial charge on any atom is -0.475 e. The number of carbonyl (C=O) groups excluding carboxylic acids is 2. The molecule has 1 aliphatic rings. The van der Waals surface area contributed by atoms with E-state index in [1.54, 1.807) is 11.8 Å². The summed E-state index contributed by atoms with van der Waals surface area (Å²) in [6.45, 7) is 3.86. The summed E-state index contributed by atoms with van der Waals surface area (Å²) in [6, 6.07) is -0.122. The quantitative estimate of drug-likeness (QED) is 0.498. The zero-order chi connectivity index (χ0) is 10.9. The molecule has 14 heavy (non-hydrogen) atoms. The molecule has 5 nitrogen and oxygen atoms in total. The van der Waals surface area contributed by atoms with Crippen molar-refractivity contribution in [1.29, 1.82) is 0 Å². The third-order valence-corrected chi connectivity index (χ3v) is 3.70. The first-order valence-electron chi connectivity index (χ1n) is 4.06. The molecule has 0 spiro atoms. The first-order valence-corrected chi connectivity index (χ1v) is 5.05. The van der Waals surface area contributed by atoms with Crippen LogP contribution >= 0.6 is 11.8 Å². The molecule has 78 valence electrons. The number of carboxylic acid groups (broad SMARTS) is 1. The number of carboxylic acids is 1. The van der Waals surface area contributed by atoms with Gasteiger partial charge in [0.25, 0.3) is 5.91 Å². The molecule has 0 saturated carbocycles. The summed E-state index contributed by atoms with van der Waals surface area (Å²) in [7, 11) is 0. The second kappa shape index (κ2) is 3.61. The van der Waals surface area contributed by atoms with Crippen LogP contribution in [0.5, 0.6) is 0 Å². The Hall–Kier alpha value is -1.04. The number of hydrogen-bond donors (Lipinski definition) is 2. The van der Waals surface area contributed by atoms with Crippen LogP contribution in [0, 0.1) is 0 Å². The molecule has 1 unspecified atom stereocenters. The van der Waals surface area contributed by atoms with Crippen molar-refractivity contribution in [3.8, 4) is 0 Å². The first kappa shape index (κ1) is 11.0. The highest BCUT2D eigenvalue weighted by Crippen LogP contribution is 2.39. The van der Waals surface area contributed by atoms with Gasteiger partial charge >= 0.3 is 11.8 Å². The van der Waals surface area contributed by atoms with E-state index < -0.39 is 17.7 Å². The normalized spacial score (nSPS) is 23.4. The fourth-order valence-corrected chi connectivity index (χ4v) is 2.18. The summed E-state index contributed by atoms with van der Waals surface area (Å²) in [5.41, 5.74) is 0. The van der Waals surface area contributed by atoms with Crippen LogP contribution in [0.3, 0.4) is 0 Å². The van der Waals surface area contributed by atoms with E-state index in [1.807, 2.05) is 13.8 Å². The lowest BCUT2D eigenvalue weighted by molar-refractivity contribution is -0.153. The Bertz CT molecular complexity index is 300. The van der Waals surface area contributed by atoms with E-state index in [-0.39, 0.29) is 10.8 Å². The number of nitrogens with one attached hydrogen (secondary N) is 1. The maximum absolute atomic E-state index is 11.0. The third kappa shape index (κ3) is 2.06. The molecule has 0 aromatic rings. The largest absolute Gasteiger partial charge is 0.475 e. The second-order valence-electron chi connectivity index (χ2n) is 3.57.